The summed E-state index contributed by atoms with van der Waals surface area (Å²) in [5.74, 6) is 0.797. The maximum Gasteiger partial charge on any atom is 0.239 e. The highest BCUT2D eigenvalue weighted by molar-refractivity contribution is 9.10. The summed E-state index contributed by atoms with van der Waals surface area (Å²) in [4.78, 5) is 11.6. The van der Waals surface area contributed by atoms with Gasteiger partial charge in [-0.15, -0.1) is 0 Å². The molecule has 0 heterocycles. The van der Waals surface area contributed by atoms with Crippen LogP contribution in [-0.4, -0.2) is 19.0 Å². The fourth-order valence-corrected chi connectivity index (χ4v) is 2.10. The maximum absolute atomic E-state index is 11.6. The molecule has 0 aliphatic heterocycles. The van der Waals surface area contributed by atoms with Crippen molar-refractivity contribution in [3.8, 4) is 0 Å². The number of hydrogen-bond donors (Lipinski definition) is 2. The molecule has 0 atom stereocenters. The SMILES string of the molecule is Cc1cc(NCC(=O)NCC2CC2)cc(C)c1Br. The Morgan fingerprint density at radius 2 is 1.94 bits per heavy atom. The van der Waals surface area contributed by atoms with E-state index in [0.717, 1.165) is 22.6 Å². The topological polar surface area (TPSA) is 41.1 Å². The number of carbonyl (C=O) groups excluding carboxylic acids is 1. The molecule has 18 heavy (non-hydrogen) atoms. The molecule has 0 radical (unpaired) electrons. The lowest BCUT2D eigenvalue weighted by Crippen LogP contribution is -2.31. The first kappa shape index (κ1) is 13.4. The Morgan fingerprint density at radius 3 is 2.50 bits per heavy atom. The first-order chi connectivity index (χ1) is 8.56. The van der Waals surface area contributed by atoms with E-state index in [-0.39, 0.29) is 5.91 Å². The first-order valence-electron chi connectivity index (χ1n) is 6.33. The van der Waals surface area contributed by atoms with Gasteiger partial charge in [0.15, 0.2) is 0 Å². The zero-order chi connectivity index (χ0) is 13.1. The van der Waals surface area contributed by atoms with Crippen molar-refractivity contribution in [2.75, 3.05) is 18.4 Å². The summed E-state index contributed by atoms with van der Waals surface area (Å²) in [6, 6.07) is 4.09. The number of nitrogens with one attached hydrogen (secondary N) is 2. The van der Waals surface area contributed by atoms with Gasteiger partial charge < -0.3 is 10.6 Å². The molecule has 3 nitrogen and oxygen atoms in total. The van der Waals surface area contributed by atoms with Crippen LogP contribution in [0.4, 0.5) is 5.69 Å². The van der Waals surface area contributed by atoms with Crippen molar-refractivity contribution in [2.45, 2.75) is 26.7 Å². The lowest BCUT2D eigenvalue weighted by atomic mass is 10.1. The second-order valence-electron chi connectivity index (χ2n) is 5.03. The minimum atomic E-state index is 0.0696. The molecule has 0 spiro atoms. The average Bonchev–Trinajstić information content (AvgIpc) is 3.14. The maximum atomic E-state index is 11.6. The summed E-state index contributed by atoms with van der Waals surface area (Å²) in [7, 11) is 0. The van der Waals surface area contributed by atoms with Crippen LogP contribution >= 0.6 is 15.9 Å². The Hall–Kier alpha value is -1.03. The minimum absolute atomic E-state index is 0.0696. The molecule has 1 aromatic carbocycles. The lowest BCUT2D eigenvalue weighted by molar-refractivity contribution is -0.119. The molecule has 1 aromatic rings. The number of halogens is 1. The number of benzene rings is 1. The van der Waals surface area contributed by atoms with E-state index in [1.54, 1.807) is 0 Å². The highest BCUT2D eigenvalue weighted by atomic mass is 79.9. The van der Waals surface area contributed by atoms with Gasteiger partial charge in [0.25, 0.3) is 0 Å². The van der Waals surface area contributed by atoms with Crippen LogP contribution in [-0.2, 0) is 4.79 Å². The van der Waals surface area contributed by atoms with E-state index < -0.39 is 0 Å². The van der Waals surface area contributed by atoms with Gasteiger partial charge in [-0.2, -0.15) is 0 Å². The van der Waals surface area contributed by atoms with E-state index >= 15 is 0 Å². The number of aryl methyl sites for hydroxylation is 2. The molecule has 1 amide bonds. The largest absolute Gasteiger partial charge is 0.376 e. The summed E-state index contributed by atoms with van der Waals surface area (Å²) < 4.78 is 1.13. The van der Waals surface area contributed by atoms with Crippen LogP contribution in [0, 0.1) is 19.8 Å². The van der Waals surface area contributed by atoms with E-state index in [9.17, 15) is 4.79 Å². The van der Waals surface area contributed by atoms with Crippen LogP contribution in [0.2, 0.25) is 0 Å². The molecule has 0 unspecified atom stereocenters. The van der Waals surface area contributed by atoms with Crippen molar-refractivity contribution in [1.82, 2.24) is 5.32 Å². The van der Waals surface area contributed by atoms with Gasteiger partial charge in [-0.1, -0.05) is 15.9 Å². The summed E-state index contributed by atoms with van der Waals surface area (Å²) >= 11 is 3.53. The second kappa shape index (κ2) is 5.74. The Kier molecular flexibility index (Phi) is 4.27. The van der Waals surface area contributed by atoms with Crippen molar-refractivity contribution in [3.05, 3.63) is 27.7 Å². The minimum Gasteiger partial charge on any atom is -0.376 e. The lowest BCUT2D eigenvalue weighted by Gasteiger charge is -2.10. The molecule has 1 fully saturated rings. The van der Waals surface area contributed by atoms with Gasteiger partial charge in [0, 0.05) is 16.7 Å². The van der Waals surface area contributed by atoms with Gasteiger partial charge in [-0.3, -0.25) is 4.79 Å². The Bertz CT molecular complexity index is 432. The van der Waals surface area contributed by atoms with Crippen molar-refractivity contribution in [3.63, 3.8) is 0 Å². The predicted octanol–water partition coefficient (Wildman–Crippen LogP) is 3.00. The third-order valence-electron chi connectivity index (χ3n) is 3.17. The van der Waals surface area contributed by atoms with Crippen molar-refractivity contribution >= 4 is 27.5 Å². The third kappa shape index (κ3) is 3.73. The molecule has 0 bridgehead atoms. The Balaban J connectivity index is 1.83. The van der Waals surface area contributed by atoms with E-state index in [1.807, 2.05) is 12.1 Å². The molecular weight excluding hydrogens is 292 g/mol. The van der Waals surface area contributed by atoms with Gasteiger partial charge in [0.2, 0.25) is 5.91 Å². The zero-order valence-electron chi connectivity index (χ0n) is 10.8. The monoisotopic (exact) mass is 310 g/mol. The molecule has 1 saturated carbocycles. The van der Waals surface area contributed by atoms with Gasteiger partial charge in [-0.05, 0) is 55.9 Å². The van der Waals surface area contributed by atoms with E-state index in [4.69, 9.17) is 0 Å². The highest BCUT2D eigenvalue weighted by Gasteiger charge is 2.21. The summed E-state index contributed by atoms with van der Waals surface area (Å²) in [5, 5.41) is 6.11. The average molecular weight is 311 g/mol. The van der Waals surface area contributed by atoms with Gasteiger partial charge in [0.05, 0.1) is 6.54 Å². The highest BCUT2D eigenvalue weighted by Crippen LogP contribution is 2.27. The molecule has 0 saturated heterocycles. The predicted molar refractivity (Wildman–Crippen MR) is 77.8 cm³/mol. The van der Waals surface area contributed by atoms with Crippen LogP contribution < -0.4 is 10.6 Å². The second-order valence-corrected chi connectivity index (χ2v) is 5.82. The van der Waals surface area contributed by atoms with Crippen molar-refractivity contribution < 1.29 is 4.79 Å². The zero-order valence-corrected chi connectivity index (χ0v) is 12.4. The molecule has 0 aromatic heterocycles. The van der Waals surface area contributed by atoms with E-state index in [1.165, 1.54) is 24.0 Å². The molecule has 98 valence electrons. The van der Waals surface area contributed by atoms with Gasteiger partial charge in [0.1, 0.15) is 0 Å². The molecule has 2 rings (SSSR count). The fourth-order valence-electron chi connectivity index (χ4n) is 1.87. The third-order valence-corrected chi connectivity index (χ3v) is 4.43. The Labute approximate surface area is 116 Å². The molecule has 1 aliphatic carbocycles. The standard InChI is InChI=1S/C14H19BrN2O/c1-9-5-12(6-10(2)14(9)15)16-8-13(18)17-7-11-3-4-11/h5-6,11,16H,3-4,7-8H2,1-2H3,(H,17,18). The molecule has 1 aliphatic rings. The molecular formula is C14H19BrN2O. The van der Waals surface area contributed by atoms with Crippen LogP contribution in [0.3, 0.4) is 0 Å². The number of anilines is 1. The van der Waals surface area contributed by atoms with Crippen LogP contribution in [0.5, 0.6) is 0 Å². The fraction of sp³-hybridized carbons (Fsp3) is 0.500. The quantitative estimate of drug-likeness (QED) is 0.878. The summed E-state index contributed by atoms with van der Waals surface area (Å²) in [6.07, 6.45) is 2.53. The molecule has 4 heteroatoms. The van der Waals surface area contributed by atoms with Crippen molar-refractivity contribution in [1.29, 1.82) is 0 Å². The smallest absolute Gasteiger partial charge is 0.239 e. The first-order valence-corrected chi connectivity index (χ1v) is 7.13. The Morgan fingerprint density at radius 1 is 1.33 bits per heavy atom. The number of rotatable bonds is 5. The van der Waals surface area contributed by atoms with Gasteiger partial charge in [-0.25, -0.2) is 0 Å². The van der Waals surface area contributed by atoms with Crippen LogP contribution in [0.25, 0.3) is 0 Å². The number of amides is 1. The van der Waals surface area contributed by atoms with Crippen LogP contribution in [0.15, 0.2) is 16.6 Å². The summed E-state index contributed by atoms with van der Waals surface area (Å²) in [6.45, 7) is 5.27. The molecule has 2 N–H and O–H groups in total. The van der Waals surface area contributed by atoms with Crippen LogP contribution in [0.1, 0.15) is 24.0 Å². The number of carbonyl (C=O) groups is 1. The number of hydrogen-bond acceptors (Lipinski definition) is 2. The van der Waals surface area contributed by atoms with E-state index in [2.05, 4.69) is 40.4 Å². The van der Waals surface area contributed by atoms with Crippen molar-refractivity contribution in [2.24, 2.45) is 5.92 Å². The van der Waals surface area contributed by atoms with E-state index in [0.29, 0.717) is 6.54 Å². The van der Waals surface area contributed by atoms with Gasteiger partial charge >= 0.3 is 0 Å². The summed E-state index contributed by atoms with van der Waals surface area (Å²) in [5.41, 5.74) is 3.35. The normalized spacial score (nSPS) is 14.4.